The Kier molecular flexibility index (Phi) is 2.20. The molecule has 56 valence electrons. The van der Waals surface area contributed by atoms with Crippen molar-refractivity contribution in [2.75, 3.05) is 12.5 Å². The molecule has 0 saturated carbocycles. The molecule has 0 bridgehead atoms. The highest BCUT2D eigenvalue weighted by Crippen LogP contribution is 2.03. The molecule has 0 saturated heterocycles. The number of rotatable bonds is 2. The van der Waals surface area contributed by atoms with E-state index in [1.807, 2.05) is 0 Å². The zero-order chi connectivity index (χ0) is 7.71. The predicted molar refractivity (Wildman–Crippen MR) is 33.0 cm³/mol. The van der Waals surface area contributed by atoms with Crippen LogP contribution in [0.2, 0.25) is 0 Å². The van der Waals surface area contributed by atoms with Gasteiger partial charge in [-0.3, -0.25) is 0 Å². The summed E-state index contributed by atoms with van der Waals surface area (Å²) in [6, 6.07) is 0. The third-order valence-corrected chi connectivity index (χ3v) is 2.44. The lowest BCUT2D eigenvalue weighted by molar-refractivity contribution is 0.601. The number of hydrogen-bond acceptors (Lipinski definition) is 4. The van der Waals surface area contributed by atoms with Crippen LogP contribution < -0.4 is 0 Å². The quantitative estimate of drug-likeness (QED) is 0.550. The lowest BCUT2D eigenvalue weighted by atomic mass is 12.0. The van der Waals surface area contributed by atoms with Crippen molar-refractivity contribution >= 4 is 20.0 Å². The molecule has 0 heterocycles. The van der Waals surface area contributed by atoms with Crippen LogP contribution in [0.4, 0.5) is 0 Å². The third kappa shape index (κ3) is 7.86. The highest BCUT2D eigenvalue weighted by atomic mass is 32.3. The monoisotopic (exact) mass is 172 g/mol. The van der Waals surface area contributed by atoms with Crippen LogP contribution in [0.5, 0.6) is 0 Å². The molecule has 0 atom stereocenters. The predicted octanol–water partition coefficient (Wildman–Crippen LogP) is -0.721. The van der Waals surface area contributed by atoms with E-state index in [2.05, 4.69) is 4.13 Å². The van der Waals surface area contributed by atoms with Crippen LogP contribution in [-0.4, -0.2) is 29.3 Å². The molecule has 0 aliphatic carbocycles. The van der Waals surface area contributed by atoms with E-state index in [1.165, 1.54) is 0 Å². The molecule has 0 unspecified atom stereocenters. The second-order valence-electron chi connectivity index (χ2n) is 1.54. The SMILES string of the molecule is CS(=O)(=O)[N-]S(C)(=O)=O. The van der Waals surface area contributed by atoms with E-state index in [0.29, 0.717) is 12.5 Å². The normalized spacial score (nSPS) is 13.6. The molecule has 9 heavy (non-hydrogen) atoms. The second-order valence-corrected chi connectivity index (χ2v) is 5.07. The molecular formula is C2H6NO4S2-. The molecule has 5 nitrogen and oxygen atoms in total. The number of hydrogen-bond donors (Lipinski definition) is 0. The zero-order valence-corrected chi connectivity index (χ0v) is 6.53. The van der Waals surface area contributed by atoms with E-state index in [-0.39, 0.29) is 0 Å². The van der Waals surface area contributed by atoms with Crippen molar-refractivity contribution in [2.24, 2.45) is 0 Å². The van der Waals surface area contributed by atoms with Gasteiger partial charge in [-0.05, 0) is 0 Å². The van der Waals surface area contributed by atoms with E-state index in [1.54, 1.807) is 0 Å². The zero-order valence-electron chi connectivity index (χ0n) is 4.90. The first-order chi connectivity index (χ1) is 3.71. The molecule has 0 aromatic rings. The van der Waals surface area contributed by atoms with Crippen molar-refractivity contribution in [2.45, 2.75) is 0 Å². The molecule has 0 aliphatic rings. The van der Waals surface area contributed by atoms with Gasteiger partial charge in [-0.2, -0.15) is 0 Å². The summed E-state index contributed by atoms with van der Waals surface area (Å²) in [6.07, 6.45) is 1.43. The summed E-state index contributed by atoms with van der Waals surface area (Å²) in [5.41, 5.74) is 0. The minimum absolute atomic E-state index is 0.716. The second kappa shape index (κ2) is 2.24. The van der Waals surface area contributed by atoms with Gasteiger partial charge in [0.05, 0.1) is 20.0 Å². The summed E-state index contributed by atoms with van der Waals surface area (Å²) in [5, 5.41) is 0. The maximum Gasteiger partial charge on any atom is 0.0801 e. The summed E-state index contributed by atoms with van der Waals surface area (Å²) >= 11 is 0. The highest BCUT2D eigenvalue weighted by molar-refractivity contribution is 8.11. The van der Waals surface area contributed by atoms with E-state index in [4.69, 9.17) is 0 Å². The van der Waals surface area contributed by atoms with Crippen LogP contribution in [0.3, 0.4) is 0 Å². The topological polar surface area (TPSA) is 82.4 Å². The van der Waals surface area contributed by atoms with Gasteiger partial charge in [0.1, 0.15) is 0 Å². The van der Waals surface area contributed by atoms with Crippen molar-refractivity contribution in [3.8, 4) is 0 Å². The lowest BCUT2D eigenvalue weighted by Gasteiger charge is -2.11. The van der Waals surface area contributed by atoms with Crippen molar-refractivity contribution < 1.29 is 16.8 Å². The van der Waals surface area contributed by atoms with E-state index in [9.17, 15) is 16.8 Å². The van der Waals surface area contributed by atoms with Crippen LogP contribution in [0.25, 0.3) is 4.13 Å². The first-order valence-electron chi connectivity index (χ1n) is 1.85. The molecule has 0 spiro atoms. The average molecular weight is 172 g/mol. The van der Waals surface area contributed by atoms with Crippen LogP contribution >= 0.6 is 0 Å². The van der Waals surface area contributed by atoms with Gasteiger partial charge >= 0.3 is 0 Å². The van der Waals surface area contributed by atoms with Gasteiger partial charge in [-0.1, -0.05) is 0 Å². The number of sulfonamides is 2. The van der Waals surface area contributed by atoms with Crippen LogP contribution in [-0.2, 0) is 20.0 Å². The smallest absolute Gasteiger partial charge is 0.0801 e. The fourth-order valence-corrected chi connectivity index (χ4v) is 2.21. The molecule has 0 radical (unpaired) electrons. The Morgan fingerprint density at radius 1 is 0.889 bits per heavy atom. The Bertz CT molecular complexity index is 242. The van der Waals surface area contributed by atoms with Crippen LogP contribution in [0.1, 0.15) is 0 Å². The van der Waals surface area contributed by atoms with Gasteiger partial charge < -0.3 is 4.13 Å². The van der Waals surface area contributed by atoms with Gasteiger partial charge in [-0.15, -0.1) is 0 Å². The first kappa shape index (κ1) is 8.86. The molecule has 0 aromatic heterocycles. The van der Waals surface area contributed by atoms with Crippen molar-refractivity contribution in [1.82, 2.24) is 0 Å². The molecule has 0 aliphatic heterocycles. The van der Waals surface area contributed by atoms with Gasteiger partial charge in [-0.25, -0.2) is 16.8 Å². The van der Waals surface area contributed by atoms with E-state index >= 15 is 0 Å². The summed E-state index contributed by atoms with van der Waals surface area (Å²) in [7, 11) is -7.49. The maximum absolute atomic E-state index is 10.1. The standard InChI is InChI=1S/C2H6NO4S2/c1-8(4,5)3-9(2,6)7/h1-2H3/q-1. The molecule has 0 amide bonds. The minimum atomic E-state index is -3.74. The number of nitrogens with zero attached hydrogens (tertiary/aromatic N) is 1. The van der Waals surface area contributed by atoms with Gasteiger partial charge in [0, 0.05) is 12.5 Å². The van der Waals surface area contributed by atoms with Gasteiger partial charge in [0.15, 0.2) is 0 Å². The van der Waals surface area contributed by atoms with Gasteiger partial charge in [0.25, 0.3) is 0 Å². The maximum atomic E-state index is 10.1. The van der Waals surface area contributed by atoms with Crippen LogP contribution in [0.15, 0.2) is 0 Å². The molecular weight excluding hydrogens is 166 g/mol. The van der Waals surface area contributed by atoms with Gasteiger partial charge in [0.2, 0.25) is 0 Å². The Labute approximate surface area is 54.2 Å². The Morgan fingerprint density at radius 2 is 1.11 bits per heavy atom. The molecule has 0 rings (SSSR count). The van der Waals surface area contributed by atoms with Crippen molar-refractivity contribution in [1.29, 1.82) is 0 Å². The van der Waals surface area contributed by atoms with E-state index in [0.717, 1.165) is 0 Å². The van der Waals surface area contributed by atoms with E-state index < -0.39 is 20.0 Å². The van der Waals surface area contributed by atoms with Crippen LogP contribution in [0, 0.1) is 0 Å². The van der Waals surface area contributed by atoms with Crippen molar-refractivity contribution in [3.05, 3.63) is 4.13 Å². The molecule has 0 aromatic carbocycles. The average Bonchev–Trinajstić information content (AvgIpc) is 1.14. The summed E-state index contributed by atoms with van der Waals surface area (Å²) in [6.45, 7) is 0. The Hall–Kier alpha value is -0.140. The summed E-state index contributed by atoms with van der Waals surface area (Å²) in [5.74, 6) is 0. The molecule has 0 fully saturated rings. The first-order valence-corrected chi connectivity index (χ1v) is 5.54. The lowest BCUT2D eigenvalue weighted by Crippen LogP contribution is -2.01. The van der Waals surface area contributed by atoms with Crippen molar-refractivity contribution in [3.63, 3.8) is 0 Å². The fourth-order valence-electron chi connectivity index (χ4n) is 0.246. The summed E-state index contributed by atoms with van der Waals surface area (Å²) < 4.78 is 42.9. The molecule has 7 heteroatoms. The Morgan fingerprint density at radius 3 is 1.11 bits per heavy atom. The Balaban J connectivity index is 4.46. The fraction of sp³-hybridized carbons (Fsp3) is 1.00. The molecule has 0 N–H and O–H groups in total. The minimum Gasteiger partial charge on any atom is -0.437 e. The summed E-state index contributed by atoms with van der Waals surface area (Å²) in [4.78, 5) is 0. The largest absolute Gasteiger partial charge is 0.437 e. The highest BCUT2D eigenvalue weighted by Gasteiger charge is 1.92. The third-order valence-electron chi connectivity index (χ3n) is 0.271.